The minimum absolute atomic E-state index is 0.00215. The van der Waals surface area contributed by atoms with E-state index in [0.717, 1.165) is 45.1 Å². The summed E-state index contributed by atoms with van der Waals surface area (Å²) < 4.78 is 13.0. The van der Waals surface area contributed by atoms with Crippen molar-refractivity contribution in [2.45, 2.75) is 78.6 Å². The zero-order valence-electron chi connectivity index (χ0n) is 33.5. The largest absolute Gasteiger partial charge is 0.458 e. The minimum Gasteiger partial charge on any atom is -0.458 e. The number of nitrogens with zero attached hydrogens (tertiary/aromatic N) is 4. The first-order valence-corrected chi connectivity index (χ1v) is 19.2. The summed E-state index contributed by atoms with van der Waals surface area (Å²) in [6.07, 6.45) is 9.73. The third-order valence-corrected chi connectivity index (χ3v) is 10.5. The van der Waals surface area contributed by atoms with Crippen molar-refractivity contribution in [1.29, 1.82) is 0 Å². The highest BCUT2D eigenvalue weighted by atomic mass is 16.5. The van der Waals surface area contributed by atoms with Gasteiger partial charge in [-0.2, -0.15) is 0 Å². The zero-order chi connectivity index (χ0) is 38.7. The molecule has 0 N–H and O–H groups in total. The number of ether oxygens (including phenoxy) is 1. The minimum atomic E-state index is -0.0691. The summed E-state index contributed by atoms with van der Waals surface area (Å²) in [6, 6.07) is 42.8. The molecule has 0 saturated carbocycles. The fourth-order valence-corrected chi connectivity index (χ4v) is 7.44. The van der Waals surface area contributed by atoms with Gasteiger partial charge in [-0.25, -0.2) is 4.98 Å². The highest BCUT2D eigenvalue weighted by molar-refractivity contribution is 6.09. The van der Waals surface area contributed by atoms with Crippen LogP contribution in [0, 0.1) is 6.33 Å². The number of imidazole rings is 1. The molecule has 0 atom stereocenters. The van der Waals surface area contributed by atoms with Crippen LogP contribution in [0.2, 0.25) is 0 Å². The SMILES string of the molecule is CC(C)(C)c1ccnc(-n2c3ccccc3c3ccc(Oc4cccc(-n5[c-][n+](-c6cc(C(C)(C)C)cc(C(C)(C)C)c6-c6ccccc6)cc5)c4)cc32)c1. The molecule has 0 unspecified atom stereocenters. The van der Waals surface area contributed by atoms with Crippen LogP contribution in [0.5, 0.6) is 11.5 Å². The highest BCUT2D eigenvalue weighted by Crippen LogP contribution is 2.40. The van der Waals surface area contributed by atoms with Gasteiger partial charge in [0.05, 0.1) is 22.4 Å². The van der Waals surface area contributed by atoms with Gasteiger partial charge in [0.25, 0.3) is 6.33 Å². The Morgan fingerprint density at radius 3 is 2.05 bits per heavy atom. The summed E-state index contributed by atoms with van der Waals surface area (Å²) in [7, 11) is 0. The molecule has 0 aliphatic heterocycles. The average Bonchev–Trinajstić information content (AvgIpc) is 3.77. The second-order valence-corrected chi connectivity index (χ2v) is 17.7. The van der Waals surface area contributed by atoms with E-state index >= 15 is 0 Å². The average molecular weight is 723 g/mol. The quantitative estimate of drug-likeness (QED) is 0.127. The lowest BCUT2D eigenvalue weighted by molar-refractivity contribution is -0.598. The molecule has 3 heterocycles. The molecule has 0 saturated heterocycles. The maximum Gasteiger partial charge on any atom is 0.268 e. The smallest absolute Gasteiger partial charge is 0.268 e. The van der Waals surface area contributed by atoms with Crippen LogP contribution >= 0.6 is 0 Å². The molecule has 0 spiro atoms. The highest BCUT2D eigenvalue weighted by Gasteiger charge is 2.27. The standard InChI is InChI=1S/C50H50N4O/c1-48(2,3)35-24-25-51-46(30-35)54-43-21-14-13-20-40(43)41-23-22-39(32-44(41)54)55-38-19-15-18-37(31-38)52-26-27-53(33-52)45-29-36(49(4,5)6)28-42(50(7,8)9)47(45)34-16-11-10-12-17-34/h10-32H,1-9H3. The van der Waals surface area contributed by atoms with Crippen molar-refractivity contribution in [3.8, 4) is 39.8 Å². The van der Waals surface area contributed by atoms with Crippen molar-refractivity contribution < 1.29 is 9.30 Å². The third kappa shape index (κ3) is 6.96. The molecule has 3 aromatic heterocycles. The van der Waals surface area contributed by atoms with Crippen molar-refractivity contribution in [2.24, 2.45) is 0 Å². The van der Waals surface area contributed by atoms with E-state index in [1.165, 1.54) is 33.2 Å². The van der Waals surface area contributed by atoms with Crippen molar-refractivity contribution in [3.05, 3.63) is 163 Å². The number of hydrogen-bond acceptors (Lipinski definition) is 2. The predicted octanol–water partition coefficient (Wildman–Crippen LogP) is 12.4. The summed E-state index contributed by atoms with van der Waals surface area (Å²) in [5, 5.41) is 2.34. The van der Waals surface area contributed by atoms with Gasteiger partial charge >= 0.3 is 0 Å². The van der Waals surface area contributed by atoms with Crippen molar-refractivity contribution in [2.75, 3.05) is 0 Å². The van der Waals surface area contributed by atoms with E-state index in [4.69, 9.17) is 9.72 Å². The number of hydrogen-bond donors (Lipinski definition) is 0. The maximum absolute atomic E-state index is 6.62. The third-order valence-electron chi connectivity index (χ3n) is 10.5. The monoisotopic (exact) mass is 722 g/mol. The molecule has 0 aliphatic rings. The van der Waals surface area contributed by atoms with Gasteiger partial charge < -0.3 is 4.74 Å². The predicted molar refractivity (Wildman–Crippen MR) is 226 cm³/mol. The number of rotatable bonds is 6. The molecule has 0 fully saturated rings. The first-order chi connectivity index (χ1) is 26.1. The summed E-state index contributed by atoms with van der Waals surface area (Å²) in [5.74, 6) is 2.40. The molecule has 0 radical (unpaired) electrons. The zero-order valence-corrected chi connectivity index (χ0v) is 33.5. The summed E-state index contributed by atoms with van der Waals surface area (Å²) in [6.45, 7) is 20.5. The van der Waals surface area contributed by atoms with Crippen LogP contribution in [0.1, 0.15) is 79.0 Å². The van der Waals surface area contributed by atoms with Gasteiger partial charge in [-0.05, 0) is 98.7 Å². The van der Waals surface area contributed by atoms with Gasteiger partial charge in [-0.3, -0.25) is 13.7 Å². The van der Waals surface area contributed by atoms with Crippen LogP contribution in [0.15, 0.2) is 140 Å². The molecule has 5 nitrogen and oxygen atoms in total. The fraction of sp³-hybridized carbons (Fsp3) is 0.240. The molecular weight excluding hydrogens is 673 g/mol. The van der Waals surface area contributed by atoms with E-state index in [1.54, 1.807) is 0 Å². The number of fused-ring (bicyclic) bond motifs is 3. The number of aromatic nitrogens is 4. The summed E-state index contributed by atoms with van der Waals surface area (Å²) >= 11 is 0. The molecule has 5 heteroatoms. The molecule has 0 amide bonds. The summed E-state index contributed by atoms with van der Waals surface area (Å²) in [5.41, 5.74) is 10.4. The Kier molecular flexibility index (Phi) is 8.80. The molecule has 0 aliphatic carbocycles. The fourth-order valence-electron chi connectivity index (χ4n) is 7.44. The Morgan fingerprint density at radius 1 is 0.600 bits per heavy atom. The van der Waals surface area contributed by atoms with E-state index in [1.807, 2.05) is 22.9 Å². The number of benzene rings is 5. The maximum atomic E-state index is 6.62. The molecule has 276 valence electrons. The van der Waals surface area contributed by atoms with Gasteiger partial charge in [-0.1, -0.05) is 123 Å². The van der Waals surface area contributed by atoms with Crippen LogP contribution < -0.4 is 9.30 Å². The summed E-state index contributed by atoms with van der Waals surface area (Å²) in [4.78, 5) is 4.85. The lowest BCUT2D eigenvalue weighted by atomic mass is 9.76. The Morgan fingerprint density at radius 2 is 1.31 bits per heavy atom. The lowest BCUT2D eigenvalue weighted by Crippen LogP contribution is -2.32. The van der Waals surface area contributed by atoms with Gasteiger partial charge in [-0.15, -0.1) is 0 Å². The molecule has 8 rings (SSSR count). The van der Waals surface area contributed by atoms with Crippen LogP contribution in [-0.2, 0) is 16.2 Å². The van der Waals surface area contributed by atoms with Crippen LogP contribution in [0.25, 0.3) is 50.1 Å². The first-order valence-electron chi connectivity index (χ1n) is 19.2. The van der Waals surface area contributed by atoms with E-state index in [9.17, 15) is 0 Å². The Balaban J connectivity index is 1.18. The van der Waals surface area contributed by atoms with Crippen molar-refractivity contribution >= 4 is 21.8 Å². The Labute approximate surface area is 325 Å². The Bertz CT molecular complexity index is 2680. The molecule has 8 aromatic rings. The van der Waals surface area contributed by atoms with E-state index in [0.29, 0.717) is 0 Å². The van der Waals surface area contributed by atoms with Crippen LogP contribution in [0.3, 0.4) is 0 Å². The van der Waals surface area contributed by atoms with Crippen LogP contribution in [0.4, 0.5) is 0 Å². The van der Waals surface area contributed by atoms with Crippen molar-refractivity contribution in [3.63, 3.8) is 0 Å². The van der Waals surface area contributed by atoms with Crippen molar-refractivity contribution in [1.82, 2.24) is 14.1 Å². The van der Waals surface area contributed by atoms with Crippen LogP contribution in [-0.4, -0.2) is 14.1 Å². The van der Waals surface area contributed by atoms with E-state index in [-0.39, 0.29) is 16.2 Å². The molecule has 55 heavy (non-hydrogen) atoms. The number of pyridine rings is 1. The first kappa shape index (κ1) is 36.1. The van der Waals surface area contributed by atoms with E-state index in [2.05, 4.69) is 199 Å². The topological polar surface area (TPSA) is 35.9 Å². The lowest BCUT2D eigenvalue weighted by Gasteiger charge is -2.30. The van der Waals surface area contributed by atoms with Gasteiger partial charge in [0, 0.05) is 35.4 Å². The Hall–Kier alpha value is -5.94. The van der Waals surface area contributed by atoms with Gasteiger partial charge in [0.2, 0.25) is 0 Å². The molecular formula is C50H50N4O. The second-order valence-electron chi connectivity index (χ2n) is 17.7. The molecule has 5 aromatic carbocycles. The van der Waals surface area contributed by atoms with Gasteiger partial charge in [0.1, 0.15) is 17.3 Å². The normalized spacial score (nSPS) is 12.5. The molecule has 0 bridgehead atoms. The number of para-hydroxylation sites is 1. The van der Waals surface area contributed by atoms with Gasteiger partial charge in [0.15, 0.2) is 0 Å². The second kappa shape index (κ2) is 13.4. The van der Waals surface area contributed by atoms with E-state index < -0.39 is 0 Å².